The fourth-order valence-electron chi connectivity index (χ4n) is 8.54. The fraction of sp³-hybridized carbons (Fsp3) is 0. The maximum Gasteiger partial charge on any atom is 0.160 e. The summed E-state index contributed by atoms with van der Waals surface area (Å²) in [6, 6.07) is 78.2. The van der Waals surface area contributed by atoms with E-state index in [4.69, 9.17) is 9.97 Å². The normalized spacial score (nSPS) is 11.4. The Morgan fingerprint density at radius 3 is 1.26 bits per heavy atom. The van der Waals surface area contributed by atoms with Crippen LogP contribution in [0.5, 0.6) is 0 Å². The number of aromatic nitrogens is 2. The van der Waals surface area contributed by atoms with Crippen LogP contribution in [0.4, 0.5) is 0 Å². The Labute approximate surface area is 337 Å². The number of hydrogen-bond donors (Lipinski definition) is 0. The zero-order valence-electron chi connectivity index (χ0n) is 31.7. The topological polar surface area (TPSA) is 25.8 Å². The molecule has 0 aliphatic carbocycles. The first-order valence-corrected chi connectivity index (χ1v) is 19.8. The molecule has 0 spiro atoms. The van der Waals surface area contributed by atoms with Crippen LogP contribution in [-0.2, 0) is 0 Å². The predicted molar refractivity (Wildman–Crippen MR) is 245 cm³/mol. The van der Waals surface area contributed by atoms with Crippen LogP contribution in [-0.4, -0.2) is 9.97 Å². The van der Waals surface area contributed by atoms with E-state index in [2.05, 4.69) is 218 Å². The van der Waals surface area contributed by atoms with Crippen LogP contribution in [0.15, 0.2) is 218 Å². The summed E-state index contributed by atoms with van der Waals surface area (Å²) in [5, 5.41) is 8.33. The quantitative estimate of drug-likeness (QED) is 0.159. The van der Waals surface area contributed by atoms with Gasteiger partial charge in [0.15, 0.2) is 5.82 Å². The maximum absolute atomic E-state index is 5.37. The average molecular weight is 737 g/mol. The van der Waals surface area contributed by atoms with Gasteiger partial charge in [-0.2, -0.15) is 0 Å². The van der Waals surface area contributed by atoms with E-state index in [0.29, 0.717) is 5.82 Å². The molecule has 11 rings (SSSR count). The molecule has 0 aliphatic heterocycles. The minimum Gasteiger partial charge on any atom is -0.227 e. The Bertz CT molecular complexity index is 3310. The van der Waals surface area contributed by atoms with E-state index in [1.165, 1.54) is 43.8 Å². The van der Waals surface area contributed by atoms with Gasteiger partial charge in [0, 0.05) is 21.9 Å². The summed E-state index contributed by atoms with van der Waals surface area (Å²) in [7, 11) is 0. The lowest BCUT2D eigenvalue weighted by Crippen LogP contribution is -1.96. The molecule has 2 heteroatoms. The largest absolute Gasteiger partial charge is 0.227 e. The highest BCUT2D eigenvalue weighted by atomic mass is 14.9. The third-order valence-corrected chi connectivity index (χ3v) is 11.5. The van der Waals surface area contributed by atoms with E-state index in [0.717, 1.165) is 60.8 Å². The zero-order valence-corrected chi connectivity index (χ0v) is 31.7. The second kappa shape index (κ2) is 14.1. The highest BCUT2D eigenvalue weighted by Gasteiger charge is 2.16. The van der Waals surface area contributed by atoms with Gasteiger partial charge in [0.05, 0.1) is 11.2 Å². The minimum atomic E-state index is 0.706. The summed E-state index contributed by atoms with van der Waals surface area (Å²) in [5.41, 5.74) is 13.4. The number of fused-ring (bicyclic) bond motifs is 5. The van der Waals surface area contributed by atoms with E-state index in [-0.39, 0.29) is 0 Å². The molecular formula is C56H36N2. The van der Waals surface area contributed by atoms with Crippen LogP contribution >= 0.6 is 0 Å². The third kappa shape index (κ3) is 6.00. The van der Waals surface area contributed by atoms with E-state index < -0.39 is 0 Å². The molecule has 0 unspecified atom stereocenters. The average Bonchev–Trinajstić information content (AvgIpc) is 3.31. The van der Waals surface area contributed by atoms with Crippen molar-refractivity contribution in [1.29, 1.82) is 0 Å². The molecule has 10 aromatic carbocycles. The molecule has 11 aromatic rings. The van der Waals surface area contributed by atoms with Gasteiger partial charge < -0.3 is 0 Å². The number of hydrogen-bond acceptors (Lipinski definition) is 2. The second-order valence-corrected chi connectivity index (χ2v) is 14.9. The summed E-state index contributed by atoms with van der Waals surface area (Å²) in [5.74, 6) is 0.706. The van der Waals surface area contributed by atoms with Crippen molar-refractivity contribution in [2.45, 2.75) is 0 Å². The lowest BCUT2D eigenvalue weighted by Gasteiger charge is -2.13. The second-order valence-electron chi connectivity index (χ2n) is 14.9. The third-order valence-electron chi connectivity index (χ3n) is 11.5. The molecule has 0 atom stereocenters. The van der Waals surface area contributed by atoms with Gasteiger partial charge in [-0.3, -0.25) is 0 Å². The van der Waals surface area contributed by atoms with Crippen LogP contribution in [0.2, 0.25) is 0 Å². The SMILES string of the molecule is c1cc(-c2ccc(-c3cccc4ccccc34)cc2)cc(-c2nc(-c3cccc(-c4ccc(-c5cccc6ccccc56)cc4)c3)c3ccc4ccccc4c3n2)c1. The van der Waals surface area contributed by atoms with Crippen molar-refractivity contribution in [1.82, 2.24) is 9.97 Å². The molecule has 1 heterocycles. The van der Waals surface area contributed by atoms with Crippen LogP contribution in [0.3, 0.4) is 0 Å². The van der Waals surface area contributed by atoms with Gasteiger partial charge in [-0.05, 0) is 89.6 Å². The van der Waals surface area contributed by atoms with Gasteiger partial charge in [-0.1, -0.05) is 200 Å². The smallest absolute Gasteiger partial charge is 0.160 e. The molecule has 0 radical (unpaired) electrons. The summed E-state index contributed by atoms with van der Waals surface area (Å²) >= 11 is 0. The predicted octanol–water partition coefficient (Wildman–Crippen LogP) is 15.1. The molecule has 0 amide bonds. The zero-order chi connectivity index (χ0) is 38.4. The first-order valence-electron chi connectivity index (χ1n) is 19.8. The summed E-state index contributed by atoms with van der Waals surface area (Å²) in [6.45, 7) is 0. The molecule has 0 bridgehead atoms. The molecule has 0 saturated heterocycles. The van der Waals surface area contributed by atoms with Crippen molar-refractivity contribution in [2.75, 3.05) is 0 Å². The molecule has 0 aliphatic rings. The number of rotatable bonds is 6. The molecule has 0 fully saturated rings. The fourth-order valence-corrected chi connectivity index (χ4v) is 8.54. The lowest BCUT2D eigenvalue weighted by atomic mass is 9.95. The molecule has 58 heavy (non-hydrogen) atoms. The van der Waals surface area contributed by atoms with Gasteiger partial charge in [0.25, 0.3) is 0 Å². The van der Waals surface area contributed by atoms with Gasteiger partial charge in [-0.15, -0.1) is 0 Å². The highest BCUT2D eigenvalue weighted by Crippen LogP contribution is 2.37. The van der Waals surface area contributed by atoms with E-state index >= 15 is 0 Å². The van der Waals surface area contributed by atoms with E-state index in [1.807, 2.05) is 0 Å². The van der Waals surface area contributed by atoms with Crippen molar-refractivity contribution in [3.63, 3.8) is 0 Å². The summed E-state index contributed by atoms with van der Waals surface area (Å²) < 4.78 is 0. The highest BCUT2D eigenvalue weighted by molar-refractivity contribution is 6.10. The molecule has 2 nitrogen and oxygen atoms in total. The van der Waals surface area contributed by atoms with Gasteiger partial charge in [-0.25, -0.2) is 9.97 Å². The van der Waals surface area contributed by atoms with Gasteiger partial charge in [0.1, 0.15) is 0 Å². The standard InChI is InChI=1S/C56H36N2/c1-4-20-48-39(11-1)14-9-23-50(48)42-29-25-37(26-30-42)44-16-7-18-46(35-44)54-53-34-33-41-13-3-6-22-52(41)55(53)58-56(57-54)47-19-8-17-45(36-47)38-27-31-43(32-28-38)51-24-10-15-40-12-2-5-21-49(40)51/h1-36H. The van der Waals surface area contributed by atoms with Gasteiger partial charge in [0.2, 0.25) is 0 Å². The van der Waals surface area contributed by atoms with Crippen LogP contribution in [0.25, 0.3) is 110 Å². The molecule has 0 N–H and O–H groups in total. The molecule has 0 saturated carbocycles. The number of nitrogens with zero attached hydrogens (tertiary/aromatic N) is 2. The van der Waals surface area contributed by atoms with Crippen molar-refractivity contribution in [2.24, 2.45) is 0 Å². The number of benzene rings is 10. The molecule has 1 aromatic heterocycles. The maximum atomic E-state index is 5.37. The Kier molecular flexibility index (Phi) is 8.19. The molecule has 270 valence electrons. The van der Waals surface area contributed by atoms with E-state index in [1.54, 1.807) is 0 Å². The Morgan fingerprint density at radius 2 is 0.672 bits per heavy atom. The minimum absolute atomic E-state index is 0.706. The van der Waals surface area contributed by atoms with Crippen molar-refractivity contribution < 1.29 is 0 Å². The van der Waals surface area contributed by atoms with Crippen LogP contribution in [0, 0.1) is 0 Å². The first kappa shape index (κ1) is 33.6. The Morgan fingerprint density at radius 1 is 0.241 bits per heavy atom. The van der Waals surface area contributed by atoms with Crippen molar-refractivity contribution >= 4 is 43.2 Å². The van der Waals surface area contributed by atoms with Crippen molar-refractivity contribution in [3.05, 3.63) is 218 Å². The van der Waals surface area contributed by atoms with E-state index in [9.17, 15) is 0 Å². The Hall–Kier alpha value is -7.68. The van der Waals surface area contributed by atoms with Crippen LogP contribution in [0.1, 0.15) is 0 Å². The van der Waals surface area contributed by atoms with Crippen molar-refractivity contribution in [3.8, 4) is 67.2 Å². The van der Waals surface area contributed by atoms with Crippen LogP contribution < -0.4 is 0 Å². The monoisotopic (exact) mass is 736 g/mol. The first-order chi connectivity index (χ1) is 28.7. The summed E-state index contributed by atoms with van der Waals surface area (Å²) in [6.07, 6.45) is 0. The Balaban J connectivity index is 0.985. The van der Waals surface area contributed by atoms with Gasteiger partial charge >= 0.3 is 0 Å². The lowest BCUT2D eigenvalue weighted by molar-refractivity contribution is 1.23. The molecular weight excluding hydrogens is 701 g/mol. The summed E-state index contributed by atoms with van der Waals surface area (Å²) in [4.78, 5) is 10.7.